The Balaban J connectivity index is 0.00000220. The molecule has 0 bridgehead atoms. The lowest BCUT2D eigenvalue weighted by Crippen LogP contribution is -2.56. The lowest BCUT2D eigenvalue weighted by Gasteiger charge is -2.31. The number of carbonyl (C=O) groups excluding carboxylic acids is 1. The molecule has 0 saturated carbocycles. The van der Waals surface area contributed by atoms with Gasteiger partial charge >= 0.3 is 0 Å². The number of methoxy groups -OCH3 is 1. The number of hydrogen-bond donors (Lipinski definition) is 2. The summed E-state index contributed by atoms with van der Waals surface area (Å²) in [4.78, 5) is 12.1. The van der Waals surface area contributed by atoms with Gasteiger partial charge in [0, 0.05) is 31.4 Å². The van der Waals surface area contributed by atoms with Gasteiger partial charge in [-0.1, -0.05) is 6.07 Å². The number of carbonyl (C=O) groups is 1. The molecule has 5 nitrogen and oxygen atoms in total. The minimum Gasteiger partial charge on any atom is -0.497 e. The molecular formula is C14H20ClFN2O3. The lowest BCUT2D eigenvalue weighted by atomic mass is 9.90. The molecule has 118 valence electrons. The van der Waals surface area contributed by atoms with E-state index in [9.17, 15) is 9.18 Å². The molecule has 0 radical (unpaired) electrons. The lowest BCUT2D eigenvalue weighted by molar-refractivity contribution is -0.129. The summed E-state index contributed by atoms with van der Waals surface area (Å²) >= 11 is 0. The van der Waals surface area contributed by atoms with Crippen molar-refractivity contribution < 1.29 is 18.7 Å². The van der Waals surface area contributed by atoms with Crippen LogP contribution in [0.4, 0.5) is 4.39 Å². The third-order valence-electron chi connectivity index (χ3n) is 3.54. The molecular weight excluding hydrogens is 299 g/mol. The van der Waals surface area contributed by atoms with Crippen molar-refractivity contribution in [3.8, 4) is 5.75 Å². The maximum Gasteiger partial charge on any atom is 0.240 e. The van der Waals surface area contributed by atoms with E-state index >= 15 is 0 Å². The molecule has 1 aromatic carbocycles. The number of ether oxygens (including phenoxy) is 2. The van der Waals surface area contributed by atoms with Gasteiger partial charge in [0.1, 0.15) is 11.6 Å². The second kappa shape index (κ2) is 7.59. The number of amides is 1. The zero-order valence-electron chi connectivity index (χ0n) is 11.9. The second-order valence-electron chi connectivity index (χ2n) is 4.91. The predicted octanol–water partition coefficient (Wildman–Crippen LogP) is 1.38. The standard InChI is InChI=1S/C14H19FN2O3.ClH/c1-19-11-3-2-10(12(15)8-11)9-17-13(18)14(16)4-6-20-7-5-14;/h2-3,8H,4-7,9,16H2,1H3,(H,17,18);1H. The van der Waals surface area contributed by atoms with Crippen LogP contribution in [0.1, 0.15) is 18.4 Å². The second-order valence-corrected chi connectivity index (χ2v) is 4.91. The van der Waals surface area contributed by atoms with E-state index in [1.54, 1.807) is 12.1 Å². The summed E-state index contributed by atoms with van der Waals surface area (Å²) in [5.41, 5.74) is 5.53. The van der Waals surface area contributed by atoms with Crippen molar-refractivity contribution in [2.45, 2.75) is 24.9 Å². The Labute approximate surface area is 129 Å². The van der Waals surface area contributed by atoms with E-state index in [0.717, 1.165) is 0 Å². The minimum absolute atomic E-state index is 0. The maximum atomic E-state index is 13.7. The van der Waals surface area contributed by atoms with Gasteiger partial charge < -0.3 is 20.5 Å². The Bertz CT molecular complexity index is 493. The zero-order chi connectivity index (χ0) is 14.6. The molecule has 1 amide bonds. The fraction of sp³-hybridized carbons (Fsp3) is 0.500. The molecule has 21 heavy (non-hydrogen) atoms. The summed E-state index contributed by atoms with van der Waals surface area (Å²) < 4.78 is 23.9. The Morgan fingerprint density at radius 2 is 2.14 bits per heavy atom. The van der Waals surface area contributed by atoms with E-state index in [1.165, 1.54) is 13.2 Å². The Morgan fingerprint density at radius 3 is 2.71 bits per heavy atom. The van der Waals surface area contributed by atoms with Gasteiger partial charge in [-0.3, -0.25) is 4.79 Å². The summed E-state index contributed by atoms with van der Waals surface area (Å²) in [5, 5.41) is 2.69. The van der Waals surface area contributed by atoms with Crippen LogP contribution in [0.3, 0.4) is 0 Å². The van der Waals surface area contributed by atoms with Crippen molar-refractivity contribution in [1.82, 2.24) is 5.32 Å². The van der Waals surface area contributed by atoms with E-state index in [2.05, 4.69) is 5.32 Å². The SMILES string of the molecule is COc1ccc(CNC(=O)C2(N)CCOCC2)c(F)c1.Cl. The van der Waals surface area contributed by atoms with Gasteiger partial charge in [0.2, 0.25) is 5.91 Å². The molecule has 0 spiro atoms. The molecule has 0 aromatic heterocycles. The summed E-state index contributed by atoms with van der Waals surface area (Å²) in [7, 11) is 1.47. The molecule has 1 saturated heterocycles. The van der Waals surface area contributed by atoms with Gasteiger partial charge in [-0.15, -0.1) is 12.4 Å². The first kappa shape index (κ1) is 17.7. The third-order valence-corrected chi connectivity index (χ3v) is 3.54. The largest absolute Gasteiger partial charge is 0.497 e. The summed E-state index contributed by atoms with van der Waals surface area (Å²) in [6.45, 7) is 1.05. The molecule has 1 fully saturated rings. The minimum atomic E-state index is -0.915. The van der Waals surface area contributed by atoms with Crippen LogP contribution >= 0.6 is 12.4 Å². The Hall–Kier alpha value is -1.37. The molecule has 1 aliphatic rings. The van der Waals surface area contributed by atoms with Crippen molar-refractivity contribution in [1.29, 1.82) is 0 Å². The van der Waals surface area contributed by atoms with E-state index in [4.69, 9.17) is 15.2 Å². The van der Waals surface area contributed by atoms with Crippen LogP contribution in [-0.2, 0) is 16.1 Å². The molecule has 2 rings (SSSR count). The first-order valence-corrected chi connectivity index (χ1v) is 6.52. The van der Waals surface area contributed by atoms with Crippen LogP contribution in [0, 0.1) is 5.82 Å². The van der Waals surface area contributed by atoms with Crippen molar-refractivity contribution in [3.63, 3.8) is 0 Å². The summed E-state index contributed by atoms with van der Waals surface area (Å²) in [6.07, 6.45) is 0.952. The van der Waals surface area contributed by atoms with E-state index in [0.29, 0.717) is 37.4 Å². The molecule has 0 atom stereocenters. The molecule has 0 unspecified atom stereocenters. The van der Waals surface area contributed by atoms with Gasteiger partial charge in [-0.25, -0.2) is 4.39 Å². The monoisotopic (exact) mass is 318 g/mol. The topological polar surface area (TPSA) is 73.6 Å². The third kappa shape index (κ3) is 4.30. The van der Waals surface area contributed by atoms with E-state index in [-0.39, 0.29) is 24.9 Å². The molecule has 1 aromatic rings. The highest BCUT2D eigenvalue weighted by Gasteiger charge is 2.35. The van der Waals surface area contributed by atoms with Gasteiger partial charge in [0.15, 0.2) is 0 Å². The first-order valence-electron chi connectivity index (χ1n) is 6.52. The number of nitrogens with one attached hydrogen (secondary N) is 1. The van der Waals surface area contributed by atoms with Crippen LogP contribution in [0.15, 0.2) is 18.2 Å². The van der Waals surface area contributed by atoms with Crippen molar-refractivity contribution >= 4 is 18.3 Å². The predicted molar refractivity (Wildman–Crippen MR) is 79.0 cm³/mol. The number of hydrogen-bond acceptors (Lipinski definition) is 4. The average Bonchev–Trinajstić information content (AvgIpc) is 2.46. The fourth-order valence-electron chi connectivity index (χ4n) is 2.11. The Morgan fingerprint density at radius 1 is 1.48 bits per heavy atom. The zero-order valence-corrected chi connectivity index (χ0v) is 12.7. The average molecular weight is 319 g/mol. The first-order chi connectivity index (χ1) is 9.55. The van der Waals surface area contributed by atoms with Crippen LogP contribution in [0.5, 0.6) is 5.75 Å². The number of halogens is 2. The van der Waals surface area contributed by atoms with Crippen LogP contribution in [-0.4, -0.2) is 31.8 Å². The molecule has 1 heterocycles. The van der Waals surface area contributed by atoms with Crippen LogP contribution in [0.25, 0.3) is 0 Å². The fourth-order valence-corrected chi connectivity index (χ4v) is 2.11. The smallest absolute Gasteiger partial charge is 0.240 e. The highest BCUT2D eigenvalue weighted by atomic mass is 35.5. The molecule has 0 aliphatic carbocycles. The van der Waals surface area contributed by atoms with Crippen LogP contribution in [0.2, 0.25) is 0 Å². The molecule has 3 N–H and O–H groups in total. The van der Waals surface area contributed by atoms with E-state index in [1.807, 2.05) is 0 Å². The highest BCUT2D eigenvalue weighted by Crippen LogP contribution is 2.19. The maximum absolute atomic E-state index is 13.7. The summed E-state index contributed by atoms with van der Waals surface area (Å²) in [5.74, 6) is -0.240. The summed E-state index contributed by atoms with van der Waals surface area (Å²) in [6, 6.07) is 4.52. The highest BCUT2D eigenvalue weighted by molar-refractivity contribution is 5.86. The van der Waals surface area contributed by atoms with Crippen LogP contribution < -0.4 is 15.8 Å². The Kier molecular flexibility index (Phi) is 6.39. The van der Waals surface area contributed by atoms with Gasteiger partial charge in [-0.2, -0.15) is 0 Å². The van der Waals surface area contributed by atoms with Crippen molar-refractivity contribution in [2.24, 2.45) is 5.73 Å². The number of benzene rings is 1. The molecule has 1 aliphatic heterocycles. The van der Waals surface area contributed by atoms with Gasteiger partial charge in [-0.05, 0) is 18.9 Å². The molecule has 7 heteroatoms. The normalized spacial score (nSPS) is 16.7. The number of rotatable bonds is 4. The van der Waals surface area contributed by atoms with Crippen molar-refractivity contribution in [3.05, 3.63) is 29.6 Å². The number of nitrogens with two attached hydrogens (primary N) is 1. The van der Waals surface area contributed by atoms with Gasteiger partial charge in [0.25, 0.3) is 0 Å². The van der Waals surface area contributed by atoms with Crippen molar-refractivity contribution in [2.75, 3.05) is 20.3 Å². The van der Waals surface area contributed by atoms with E-state index < -0.39 is 11.4 Å². The van der Waals surface area contributed by atoms with Gasteiger partial charge in [0.05, 0.1) is 12.6 Å². The quantitative estimate of drug-likeness (QED) is 0.879.